The Kier molecular flexibility index (Phi) is 1.64. The molecule has 0 spiro atoms. The van der Waals surface area contributed by atoms with E-state index >= 15 is 0 Å². The van der Waals surface area contributed by atoms with Crippen LogP contribution in [0.3, 0.4) is 0 Å². The molecular formula is C4H8O2. The van der Waals surface area contributed by atoms with Gasteiger partial charge in [-0.15, -0.1) is 0 Å². The van der Waals surface area contributed by atoms with Gasteiger partial charge in [-0.05, 0) is 0 Å². The van der Waals surface area contributed by atoms with E-state index in [0.29, 0.717) is 0 Å². The topological polar surface area (TPSA) is 37.3 Å². The van der Waals surface area contributed by atoms with Crippen LogP contribution in [0.15, 0.2) is 0 Å². The van der Waals surface area contributed by atoms with E-state index in [9.17, 15) is 4.79 Å². The standard InChI is InChI=1S/C4H8O2/c1-3(2)4(5)6/h3H,1-2H3,(H,5,6)/i1+1. The summed E-state index contributed by atoms with van der Waals surface area (Å²) < 4.78 is 0. The van der Waals surface area contributed by atoms with E-state index in [4.69, 9.17) is 5.11 Å². The average molecular weight is 89.1 g/mol. The van der Waals surface area contributed by atoms with Crippen molar-refractivity contribution in [2.45, 2.75) is 13.8 Å². The molecule has 0 saturated heterocycles. The van der Waals surface area contributed by atoms with E-state index in [1.54, 1.807) is 13.8 Å². The van der Waals surface area contributed by atoms with Crippen molar-refractivity contribution in [1.82, 2.24) is 0 Å². The lowest BCUT2D eigenvalue weighted by Crippen LogP contribution is -2.03. The molecule has 0 heterocycles. The first-order chi connectivity index (χ1) is 2.64. The SMILES string of the molecule is CC([13CH3])C(=O)O. The van der Waals surface area contributed by atoms with Crippen LogP contribution in [0.4, 0.5) is 0 Å². The largest absolute Gasteiger partial charge is 0.481 e. The molecule has 1 atom stereocenters. The van der Waals surface area contributed by atoms with Gasteiger partial charge in [0.05, 0.1) is 5.92 Å². The smallest absolute Gasteiger partial charge is 0.305 e. The average Bonchev–Trinajstić information content (AvgIpc) is 1.36. The number of carboxylic acids is 1. The third-order valence-corrected chi connectivity index (χ3v) is 0.494. The maximum Gasteiger partial charge on any atom is 0.305 e. The number of rotatable bonds is 1. The Morgan fingerprint density at radius 3 is 1.83 bits per heavy atom. The van der Waals surface area contributed by atoms with Crippen LogP contribution >= 0.6 is 0 Å². The second-order valence-corrected chi connectivity index (χ2v) is 1.49. The molecule has 1 N–H and O–H groups in total. The van der Waals surface area contributed by atoms with Gasteiger partial charge in [0.1, 0.15) is 0 Å². The first kappa shape index (κ1) is 5.47. The third-order valence-electron chi connectivity index (χ3n) is 0.494. The summed E-state index contributed by atoms with van der Waals surface area (Å²) in [5.41, 5.74) is 0. The zero-order valence-electron chi connectivity index (χ0n) is 3.93. The van der Waals surface area contributed by atoms with Gasteiger partial charge in [0.2, 0.25) is 0 Å². The van der Waals surface area contributed by atoms with E-state index in [-0.39, 0.29) is 5.92 Å². The Hall–Kier alpha value is -0.530. The third kappa shape index (κ3) is 1.76. The summed E-state index contributed by atoms with van der Waals surface area (Å²) >= 11 is 0. The molecule has 2 heteroatoms. The van der Waals surface area contributed by atoms with E-state index in [2.05, 4.69) is 0 Å². The van der Waals surface area contributed by atoms with Crippen LogP contribution < -0.4 is 0 Å². The van der Waals surface area contributed by atoms with Crippen molar-refractivity contribution in [1.29, 1.82) is 0 Å². The summed E-state index contributed by atoms with van der Waals surface area (Å²) in [5, 5.41) is 7.99. The molecule has 0 aliphatic carbocycles. The maximum atomic E-state index is 9.70. The number of hydrogen-bond donors (Lipinski definition) is 1. The predicted octanol–water partition coefficient (Wildman–Crippen LogP) is 0.727. The maximum absolute atomic E-state index is 9.70. The molecule has 0 fully saturated rings. The summed E-state index contributed by atoms with van der Waals surface area (Å²) in [7, 11) is 0. The van der Waals surface area contributed by atoms with Gasteiger partial charge < -0.3 is 5.11 Å². The summed E-state index contributed by atoms with van der Waals surface area (Å²) in [6.07, 6.45) is 0. The van der Waals surface area contributed by atoms with E-state index < -0.39 is 5.97 Å². The lowest BCUT2D eigenvalue weighted by molar-refractivity contribution is -0.140. The fourth-order valence-electron chi connectivity index (χ4n) is 0. The van der Waals surface area contributed by atoms with Crippen LogP contribution in [0, 0.1) is 5.92 Å². The molecule has 36 valence electrons. The Labute approximate surface area is 36.8 Å². The number of carboxylic acid groups (broad SMARTS) is 1. The minimum atomic E-state index is -0.741. The van der Waals surface area contributed by atoms with Crippen LogP contribution in [-0.4, -0.2) is 11.1 Å². The summed E-state index contributed by atoms with van der Waals surface area (Å²) in [6.45, 7) is 3.28. The quantitative estimate of drug-likeness (QED) is 0.481. The van der Waals surface area contributed by atoms with Crippen molar-refractivity contribution in [3.63, 3.8) is 0 Å². The highest BCUT2D eigenvalue weighted by Crippen LogP contribution is 1.87. The first-order valence-corrected chi connectivity index (χ1v) is 1.87. The summed E-state index contributed by atoms with van der Waals surface area (Å²) in [6, 6.07) is 0. The number of hydrogen-bond acceptors (Lipinski definition) is 1. The molecule has 0 aliphatic rings. The van der Waals surface area contributed by atoms with Crippen molar-refractivity contribution < 1.29 is 9.90 Å². The Balaban J connectivity index is 3.26. The Bertz CT molecular complexity index is 56.6. The fourth-order valence-corrected chi connectivity index (χ4v) is 0. The van der Waals surface area contributed by atoms with Crippen LogP contribution in [0.5, 0.6) is 0 Å². The molecule has 0 aromatic heterocycles. The first-order valence-electron chi connectivity index (χ1n) is 1.87. The van der Waals surface area contributed by atoms with Gasteiger partial charge >= 0.3 is 5.97 Å². The van der Waals surface area contributed by atoms with Crippen molar-refractivity contribution in [2.75, 3.05) is 0 Å². The fraction of sp³-hybridized carbons (Fsp3) is 0.750. The van der Waals surface area contributed by atoms with Gasteiger partial charge in [0.15, 0.2) is 0 Å². The summed E-state index contributed by atoms with van der Waals surface area (Å²) in [5.74, 6) is -0.972. The lowest BCUT2D eigenvalue weighted by Gasteiger charge is -1.89. The molecular weight excluding hydrogens is 81.0 g/mol. The van der Waals surface area contributed by atoms with Crippen molar-refractivity contribution in [3.8, 4) is 0 Å². The van der Waals surface area contributed by atoms with Crippen molar-refractivity contribution in [3.05, 3.63) is 0 Å². The van der Waals surface area contributed by atoms with Gasteiger partial charge in [0.25, 0.3) is 0 Å². The second-order valence-electron chi connectivity index (χ2n) is 1.49. The predicted molar refractivity (Wildman–Crippen MR) is 22.5 cm³/mol. The zero-order chi connectivity index (χ0) is 5.15. The van der Waals surface area contributed by atoms with Crippen molar-refractivity contribution >= 4 is 5.97 Å². The molecule has 0 bridgehead atoms. The Morgan fingerprint density at radius 1 is 1.67 bits per heavy atom. The second kappa shape index (κ2) is 1.80. The van der Waals surface area contributed by atoms with Gasteiger partial charge in [-0.1, -0.05) is 13.8 Å². The number of aliphatic carboxylic acids is 1. The van der Waals surface area contributed by atoms with Crippen molar-refractivity contribution in [2.24, 2.45) is 5.92 Å². The van der Waals surface area contributed by atoms with Gasteiger partial charge in [0, 0.05) is 0 Å². The highest BCUT2D eigenvalue weighted by atomic mass is 16.4. The molecule has 0 aliphatic heterocycles. The molecule has 1 unspecified atom stereocenters. The minimum Gasteiger partial charge on any atom is -0.481 e. The lowest BCUT2D eigenvalue weighted by atomic mass is 10.3. The molecule has 6 heavy (non-hydrogen) atoms. The summed E-state index contributed by atoms with van der Waals surface area (Å²) in [4.78, 5) is 9.70. The van der Waals surface area contributed by atoms with Crippen LogP contribution in [0.1, 0.15) is 13.8 Å². The van der Waals surface area contributed by atoms with Crippen LogP contribution in [0.25, 0.3) is 0 Å². The van der Waals surface area contributed by atoms with E-state index in [1.807, 2.05) is 0 Å². The van der Waals surface area contributed by atoms with Gasteiger partial charge in [-0.3, -0.25) is 4.79 Å². The van der Waals surface area contributed by atoms with Crippen LogP contribution in [0.2, 0.25) is 0 Å². The van der Waals surface area contributed by atoms with Crippen LogP contribution in [-0.2, 0) is 4.79 Å². The van der Waals surface area contributed by atoms with Gasteiger partial charge in [-0.25, -0.2) is 0 Å². The Morgan fingerprint density at radius 2 is 1.83 bits per heavy atom. The molecule has 0 aromatic carbocycles. The minimum absolute atomic E-state index is 0.231. The molecule has 0 aromatic rings. The zero-order valence-corrected chi connectivity index (χ0v) is 3.93. The van der Waals surface area contributed by atoms with E-state index in [1.165, 1.54) is 0 Å². The van der Waals surface area contributed by atoms with Gasteiger partial charge in [-0.2, -0.15) is 0 Å². The normalized spacial score (nSPS) is 13.7. The van der Waals surface area contributed by atoms with E-state index in [0.717, 1.165) is 0 Å². The highest BCUT2D eigenvalue weighted by molar-refractivity contribution is 5.68. The molecule has 2 nitrogen and oxygen atoms in total. The monoisotopic (exact) mass is 89.1 g/mol. The number of carbonyl (C=O) groups is 1. The highest BCUT2D eigenvalue weighted by Gasteiger charge is 1.99. The molecule has 0 saturated carbocycles. The molecule has 0 radical (unpaired) electrons. The molecule has 0 rings (SSSR count). The molecule has 0 amide bonds.